The molecule has 0 aromatic carbocycles. The summed E-state index contributed by atoms with van der Waals surface area (Å²) < 4.78 is 9.78. The molecule has 13 heavy (non-hydrogen) atoms. The van der Waals surface area contributed by atoms with E-state index in [1.54, 1.807) is 0 Å². The maximum atomic E-state index is 9.33. The minimum atomic E-state index is -1.30. The lowest BCUT2D eigenvalue weighted by molar-refractivity contribution is -0.274. The first-order chi connectivity index (χ1) is 6.11. The molecule has 5 atom stereocenters. The van der Waals surface area contributed by atoms with E-state index >= 15 is 0 Å². The van der Waals surface area contributed by atoms with Crippen LogP contribution in [0.15, 0.2) is 0 Å². The Balaban J connectivity index is 2.71. The highest BCUT2D eigenvalue weighted by Gasteiger charge is 2.42. The Labute approximate surface area is 80.9 Å². The van der Waals surface area contributed by atoms with Gasteiger partial charge >= 0.3 is 0 Å². The van der Waals surface area contributed by atoms with E-state index in [2.05, 4.69) is 12.2 Å². The van der Waals surface area contributed by atoms with Crippen molar-refractivity contribution < 1.29 is 24.8 Å². The molecule has 1 fully saturated rings. The van der Waals surface area contributed by atoms with Gasteiger partial charge in [-0.05, 0) is 0 Å². The van der Waals surface area contributed by atoms with Gasteiger partial charge in [-0.1, -0.05) is 12.2 Å². The molecule has 0 radical (unpaired) electrons. The molecule has 1 heterocycles. The Morgan fingerprint density at radius 1 is 1.23 bits per heavy atom. The fourth-order valence-corrected chi connectivity index (χ4v) is 1.41. The first kappa shape index (κ1) is 11.0. The molecule has 76 valence electrons. The molecule has 5 nitrogen and oxygen atoms in total. The first-order valence-electron chi connectivity index (χ1n) is 3.79. The summed E-state index contributed by atoms with van der Waals surface area (Å²) in [4.78, 5) is 0. The van der Waals surface area contributed by atoms with E-state index < -0.39 is 30.7 Å². The highest BCUT2D eigenvalue weighted by molar-refractivity contribution is 7.79. The van der Waals surface area contributed by atoms with Gasteiger partial charge < -0.3 is 24.8 Å². The number of ether oxygens (including phenoxy) is 2. The van der Waals surface area contributed by atoms with Gasteiger partial charge in [-0.2, -0.15) is 0 Å². The quantitative estimate of drug-likeness (QED) is 0.476. The highest BCUT2D eigenvalue weighted by atomic mass is 32.1. The molecule has 1 aliphatic heterocycles. The standard InChI is InChI=1S/C7H12O5S/c1-11-7-6(10)5(9)4(8)3(2-13)12-7/h2-10H,1H3/t3-,4+,5+,6-,7?/m1/s1. The maximum absolute atomic E-state index is 9.33. The Hall–Kier alpha value is -0.110. The molecular formula is C7H12O5S. The second kappa shape index (κ2) is 4.41. The minimum Gasteiger partial charge on any atom is -0.387 e. The zero-order valence-corrected chi connectivity index (χ0v) is 7.85. The van der Waals surface area contributed by atoms with Crippen molar-refractivity contribution in [2.24, 2.45) is 0 Å². The molecule has 0 amide bonds. The number of methoxy groups -OCH3 is 1. The van der Waals surface area contributed by atoms with Crippen LogP contribution in [0, 0.1) is 0 Å². The molecule has 0 aromatic heterocycles. The van der Waals surface area contributed by atoms with E-state index in [0.29, 0.717) is 0 Å². The van der Waals surface area contributed by atoms with E-state index in [-0.39, 0.29) is 0 Å². The lowest BCUT2D eigenvalue weighted by atomic mass is 10.0. The summed E-state index contributed by atoms with van der Waals surface area (Å²) in [5.41, 5.74) is 0. The summed E-state index contributed by atoms with van der Waals surface area (Å²) in [5.74, 6) is 0. The van der Waals surface area contributed by atoms with Gasteiger partial charge in [0.2, 0.25) is 0 Å². The number of aliphatic hydroxyl groups excluding tert-OH is 3. The average Bonchev–Trinajstić information content (AvgIpc) is 2.15. The van der Waals surface area contributed by atoms with E-state index in [0.717, 1.165) is 0 Å². The van der Waals surface area contributed by atoms with E-state index in [9.17, 15) is 15.3 Å². The topological polar surface area (TPSA) is 79.2 Å². The molecule has 1 saturated heterocycles. The van der Waals surface area contributed by atoms with Crippen molar-refractivity contribution in [3.8, 4) is 0 Å². The van der Waals surface area contributed by atoms with Crippen LogP contribution in [-0.2, 0) is 9.47 Å². The van der Waals surface area contributed by atoms with Crippen LogP contribution in [-0.4, -0.2) is 58.5 Å². The molecular weight excluding hydrogens is 196 g/mol. The van der Waals surface area contributed by atoms with Gasteiger partial charge in [0.1, 0.15) is 24.4 Å². The van der Waals surface area contributed by atoms with Crippen molar-refractivity contribution in [3.63, 3.8) is 0 Å². The van der Waals surface area contributed by atoms with Crippen LogP contribution in [0.2, 0.25) is 0 Å². The number of hydrogen-bond donors (Lipinski definition) is 3. The number of hydrogen-bond acceptors (Lipinski definition) is 6. The van der Waals surface area contributed by atoms with Crippen molar-refractivity contribution in [1.82, 2.24) is 0 Å². The van der Waals surface area contributed by atoms with Crippen LogP contribution in [0.5, 0.6) is 0 Å². The molecule has 6 heteroatoms. The fraction of sp³-hybridized carbons (Fsp3) is 0.857. The maximum Gasteiger partial charge on any atom is 0.186 e. The fourth-order valence-electron chi connectivity index (χ4n) is 1.18. The Morgan fingerprint density at radius 2 is 1.85 bits per heavy atom. The minimum absolute atomic E-state index is 0.793. The predicted molar refractivity (Wildman–Crippen MR) is 47.3 cm³/mol. The van der Waals surface area contributed by atoms with Gasteiger partial charge in [-0.3, -0.25) is 0 Å². The number of aliphatic hydroxyl groups is 3. The Bertz CT molecular complexity index is 186. The first-order valence-corrected chi connectivity index (χ1v) is 4.26. The van der Waals surface area contributed by atoms with Gasteiger partial charge in [-0.25, -0.2) is 0 Å². The van der Waals surface area contributed by atoms with Crippen LogP contribution in [0.1, 0.15) is 0 Å². The van der Waals surface area contributed by atoms with Crippen molar-refractivity contribution in [1.29, 1.82) is 0 Å². The third-order valence-electron chi connectivity index (χ3n) is 1.97. The average molecular weight is 208 g/mol. The second-order valence-electron chi connectivity index (χ2n) is 2.81. The lowest BCUT2D eigenvalue weighted by Crippen LogP contribution is -2.58. The third-order valence-corrected chi connectivity index (χ3v) is 2.24. The van der Waals surface area contributed by atoms with E-state index in [1.807, 2.05) is 0 Å². The largest absolute Gasteiger partial charge is 0.387 e. The SMILES string of the molecule is COC1O[C@H](C=S)[C@H](O)[C@H](O)[C@H]1O. The zero-order valence-electron chi connectivity index (χ0n) is 7.03. The number of rotatable bonds is 2. The van der Waals surface area contributed by atoms with Crippen LogP contribution in [0.4, 0.5) is 0 Å². The van der Waals surface area contributed by atoms with Gasteiger partial charge in [0.25, 0.3) is 0 Å². The van der Waals surface area contributed by atoms with Gasteiger partial charge in [0.05, 0.1) is 0 Å². The van der Waals surface area contributed by atoms with Crippen LogP contribution in [0.3, 0.4) is 0 Å². The van der Waals surface area contributed by atoms with Crippen LogP contribution >= 0.6 is 12.2 Å². The normalized spacial score (nSPS) is 46.0. The van der Waals surface area contributed by atoms with Crippen LogP contribution in [0.25, 0.3) is 0 Å². The summed E-state index contributed by atoms with van der Waals surface area (Å²) in [6.45, 7) is 0. The van der Waals surface area contributed by atoms with E-state index in [1.165, 1.54) is 12.5 Å². The number of thiocarbonyl (C=S) groups is 1. The van der Waals surface area contributed by atoms with Crippen molar-refractivity contribution in [2.45, 2.75) is 30.7 Å². The summed E-state index contributed by atoms with van der Waals surface area (Å²) >= 11 is 4.58. The molecule has 0 aliphatic carbocycles. The second-order valence-corrected chi connectivity index (χ2v) is 3.08. The monoisotopic (exact) mass is 208 g/mol. The third kappa shape index (κ3) is 2.04. The summed E-state index contributed by atoms with van der Waals surface area (Å²) in [5, 5.41) is 29.2. The lowest BCUT2D eigenvalue weighted by Gasteiger charge is -2.38. The van der Waals surface area contributed by atoms with Crippen molar-refractivity contribution in [2.75, 3.05) is 7.11 Å². The van der Waals surface area contributed by atoms with Gasteiger partial charge in [0.15, 0.2) is 6.29 Å². The van der Waals surface area contributed by atoms with E-state index in [4.69, 9.17) is 9.47 Å². The van der Waals surface area contributed by atoms with Gasteiger partial charge in [-0.15, -0.1) is 0 Å². The van der Waals surface area contributed by atoms with Gasteiger partial charge in [0, 0.05) is 12.5 Å². The summed E-state index contributed by atoms with van der Waals surface area (Å²) in [7, 11) is 1.33. The van der Waals surface area contributed by atoms with Crippen molar-refractivity contribution >= 4 is 17.6 Å². The zero-order chi connectivity index (χ0) is 10.0. The molecule has 0 saturated carbocycles. The molecule has 0 aromatic rings. The predicted octanol–water partition coefficient (Wildman–Crippen LogP) is -1.56. The summed E-state index contributed by atoms with van der Waals surface area (Å²) in [6.07, 6.45) is -5.52. The molecule has 0 bridgehead atoms. The molecule has 3 N–H and O–H groups in total. The van der Waals surface area contributed by atoms with Crippen molar-refractivity contribution in [3.05, 3.63) is 0 Å². The Morgan fingerprint density at radius 3 is 2.31 bits per heavy atom. The Kier molecular flexibility index (Phi) is 3.72. The van der Waals surface area contributed by atoms with Crippen LogP contribution < -0.4 is 0 Å². The molecule has 1 aliphatic rings. The summed E-state index contributed by atoms with van der Waals surface area (Å²) in [6, 6.07) is 0. The highest BCUT2D eigenvalue weighted by Crippen LogP contribution is 2.20. The molecule has 1 unspecified atom stereocenters. The smallest absolute Gasteiger partial charge is 0.186 e. The molecule has 0 spiro atoms. The molecule has 1 rings (SSSR count).